The largest absolute Gasteiger partial charge is 0.459 e. The predicted molar refractivity (Wildman–Crippen MR) is 63.3 cm³/mol. The molecule has 0 bridgehead atoms. The van der Waals surface area contributed by atoms with Crippen molar-refractivity contribution in [1.29, 1.82) is 0 Å². The van der Waals surface area contributed by atoms with Gasteiger partial charge in [0.05, 0.1) is 0 Å². The van der Waals surface area contributed by atoms with Crippen LogP contribution in [0.4, 0.5) is 5.69 Å². The molecular formula is C13H15NO3. The molecule has 1 fully saturated rings. The van der Waals surface area contributed by atoms with Crippen LogP contribution in [0.5, 0.6) is 0 Å². The van der Waals surface area contributed by atoms with Crippen molar-refractivity contribution in [2.24, 2.45) is 5.92 Å². The molecule has 17 heavy (non-hydrogen) atoms. The zero-order valence-electron chi connectivity index (χ0n) is 9.90. The van der Waals surface area contributed by atoms with Crippen molar-refractivity contribution in [3.05, 3.63) is 30.3 Å². The van der Waals surface area contributed by atoms with Crippen LogP contribution in [0.1, 0.15) is 20.3 Å². The fourth-order valence-corrected chi connectivity index (χ4v) is 1.91. The second kappa shape index (κ2) is 4.20. The Morgan fingerprint density at radius 3 is 2.53 bits per heavy atom. The second-order valence-corrected chi connectivity index (χ2v) is 4.79. The van der Waals surface area contributed by atoms with E-state index in [0.29, 0.717) is 12.1 Å². The first kappa shape index (κ1) is 11.6. The van der Waals surface area contributed by atoms with Gasteiger partial charge in [-0.05, 0) is 26.0 Å². The highest BCUT2D eigenvalue weighted by Crippen LogP contribution is 2.31. The van der Waals surface area contributed by atoms with Crippen LogP contribution in [0.25, 0.3) is 0 Å². The fraction of sp³-hybridized carbons (Fsp3) is 0.385. The minimum Gasteiger partial charge on any atom is -0.459 e. The van der Waals surface area contributed by atoms with Crippen LogP contribution in [-0.4, -0.2) is 17.5 Å². The third-order valence-electron chi connectivity index (χ3n) is 2.71. The maximum Gasteiger partial charge on any atom is 0.319 e. The SMILES string of the molecule is CC1(C)C[C@@H](C(=O)Nc2ccccc2)C(=O)O1. The summed E-state index contributed by atoms with van der Waals surface area (Å²) in [5, 5.41) is 2.71. The van der Waals surface area contributed by atoms with Crippen molar-refractivity contribution in [3.63, 3.8) is 0 Å². The average Bonchev–Trinajstić information content (AvgIpc) is 2.54. The van der Waals surface area contributed by atoms with Gasteiger partial charge < -0.3 is 10.1 Å². The molecule has 0 radical (unpaired) electrons. The van der Waals surface area contributed by atoms with Crippen molar-refractivity contribution in [1.82, 2.24) is 0 Å². The van der Waals surface area contributed by atoms with E-state index in [2.05, 4.69) is 5.32 Å². The van der Waals surface area contributed by atoms with Crippen molar-refractivity contribution in [2.75, 3.05) is 5.32 Å². The second-order valence-electron chi connectivity index (χ2n) is 4.79. The summed E-state index contributed by atoms with van der Waals surface area (Å²) in [6, 6.07) is 9.08. The average molecular weight is 233 g/mol. The zero-order chi connectivity index (χ0) is 12.5. The van der Waals surface area contributed by atoms with Crippen LogP contribution >= 0.6 is 0 Å². The predicted octanol–water partition coefficient (Wildman–Crippen LogP) is 1.97. The molecule has 1 N–H and O–H groups in total. The van der Waals surface area contributed by atoms with Crippen LogP contribution in [0, 0.1) is 5.92 Å². The summed E-state index contributed by atoms with van der Waals surface area (Å²) in [7, 11) is 0. The summed E-state index contributed by atoms with van der Waals surface area (Å²) in [4.78, 5) is 23.4. The molecule has 1 aliphatic rings. The van der Waals surface area contributed by atoms with E-state index in [9.17, 15) is 9.59 Å². The summed E-state index contributed by atoms with van der Waals surface area (Å²) < 4.78 is 5.12. The summed E-state index contributed by atoms with van der Waals surface area (Å²) >= 11 is 0. The Labute approximate surface area is 100.0 Å². The number of hydrogen-bond donors (Lipinski definition) is 1. The number of carbonyl (C=O) groups is 2. The van der Waals surface area contributed by atoms with Crippen LogP contribution < -0.4 is 5.32 Å². The molecule has 1 atom stereocenters. The lowest BCUT2D eigenvalue weighted by Gasteiger charge is -2.14. The third kappa shape index (κ3) is 2.64. The van der Waals surface area contributed by atoms with Gasteiger partial charge in [0.2, 0.25) is 5.91 Å². The molecule has 90 valence electrons. The molecule has 1 aromatic rings. The molecule has 1 amide bonds. The molecule has 2 rings (SSSR count). The molecule has 0 unspecified atom stereocenters. The Bertz CT molecular complexity index is 439. The molecule has 0 spiro atoms. The number of carbonyl (C=O) groups excluding carboxylic acids is 2. The number of amides is 1. The molecule has 0 aliphatic carbocycles. The first-order valence-electron chi connectivity index (χ1n) is 5.57. The molecule has 1 aliphatic heterocycles. The van der Waals surface area contributed by atoms with E-state index in [0.717, 1.165) is 0 Å². The summed E-state index contributed by atoms with van der Waals surface area (Å²) in [5.74, 6) is -1.44. The van der Waals surface area contributed by atoms with Crippen molar-refractivity contribution >= 4 is 17.6 Å². The summed E-state index contributed by atoms with van der Waals surface area (Å²) in [5.41, 5.74) is 0.144. The van der Waals surface area contributed by atoms with E-state index in [4.69, 9.17) is 4.74 Å². The maximum absolute atomic E-state index is 11.9. The monoisotopic (exact) mass is 233 g/mol. The first-order chi connectivity index (χ1) is 7.98. The van der Waals surface area contributed by atoms with E-state index in [-0.39, 0.29) is 5.91 Å². The number of rotatable bonds is 2. The lowest BCUT2D eigenvalue weighted by Crippen LogP contribution is -2.26. The highest BCUT2D eigenvalue weighted by atomic mass is 16.6. The number of para-hydroxylation sites is 1. The van der Waals surface area contributed by atoms with Gasteiger partial charge in [0, 0.05) is 12.1 Å². The normalized spacial score (nSPS) is 22.0. The van der Waals surface area contributed by atoms with Gasteiger partial charge in [-0.15, -0.1) is 0 Å². The van der Waals surface area contributed by atoms with Crippen molar-refractivity contribution in [3.8, 4) is 0 Å². The summed E-state index contributed by atoms with van der Waals surface area (Å²) in [6.45, 7) is 3.61. The minimum atomic E-state index is -0.704. The van der Waals surface area contributed by atoms with E-state index < -0.39 is 17.5 Å². The smallest absolute Gasteiger partial charge is 0.319 e. The number of hydrogen-bond acceptors (Lipinski definition) is 3. The van der Waals surface area contributed by atoms with Gasteiger partial charge in [-0.3, -0.25) is 9.59 Å². The number of nitrogens with one attached hydrogen (secondary N) is 1. The van der Waals surface area contributed by atoms with Gasteiger partial charge in [-0.25, -0.2) is 0 Å². The van der Waals surface area contributed by atoms with E-state index >= 15 is 0 Å². The molecule has 1 heterocycles. The Morgan fingerprint density at radius 2 is 2.00 bits per heavy atom. The summed E-state index contributed by atoms with van der Waals surface area (Å²) in [6.07, 6.45) is 0.421. The first-order valence-corrected chi connectivity index (χ1v) is 5.57. The Balaban J connectivity index is 2.05. The van der Waals surface area contributed by atoms with Crippen LogP contribution in [0.15, 0.2) is 30.3 Å². The highest BCUT2D eigenvalue weighted by Gasteiger charge is 2.44. The van der Waals surface area contributed by atoms with E-state index in [1.165, 1.54) is 0 Å². The number of ether oxygens (including phenoxy) is 1. The van der Waals surface area contributed by atoms with Crippen LogP contribution in [0.3, 0.4) is 0 Å². The van der Waals surface area contributed by atoms with E-state index in [1.54, 1.807) is 26.0 Å². The molecular weight excluding hydrogens is 218 g/mol. The lowest BCUT2D eigenvalue weighted by molar-refractivity contribution is -0.149. The lowest BCUT2D eigenvalue weighted by atomic mass is 9.97. The van der Waals surface area contributed by atoms with Gasteiger partial charge in [-0.2, -0.15) is 0 Å². The molecule has 0 aromatic heterocycles. The van der Waals surface area contributed by atoms with Crippen molar-refractivity contribution < 1.29 is 14.3 Å². The van der Waals surface area contributed by atoms with Crippen LogP contribution in [0.2, 0.25) is 0 Å². The standard InChI is InChI=1S/C13H15NO3/c1-13(2)8-10(12(16)17-13)11(15)14-9-6-4-3-5-7-9/h3-7,10H,8H2,1-2H3,(H,14,15)/t10-/m0/s1. The Kier molecular flexibility index (Phi) is 2.88. The van der Waals surface area contributed by atoms with Gasteiger partial charge >= 0.3 is 5.97 Å². The molecule has 4 nitrogen and oxygen atoms in total. The topological polar surface area (TPSA) is 55.4 Å². The number of benzene rings is 1. The Hall–Kier alpha value is -1.84. The number of cyclic esters (lactones) is 1. The maximum atomic E-state index is 11.9. The molecule has 4 heteroatoms. The molecule has 0 saturated carbocycles. The van der Waals surface area contributed by atoms with Crippen molar-refractivity contribution in [2.45, 2.75) is 25.9 Å². The molecule has 1 saturated heterocycles. The van der Waals surface area contributed by atoms with Gasteiger partial charge in [0.25, 0.3) is 0 Å². The van der Waals surface area contributed by atoms with Gasteiger partial charge in [-0.1, -0.05) is 18.2 Å². The number of anilines is 1. The highest BCUT2D eigenvalue weighted by molar-refractivity contribution is 6.05. The Morgan fingerprint density at radius 1 is 1.35 bits per heavy atom. The van der Waals surface area contributed by atoms with E-state index in [1.807, 2.05) is 18.2 Å². The van der Waals surface area contributed by atoms with Crippen LogP contribution in [-0.2, 0) is 14.3 Å². The third-order valence-corrected chi connectivity index (χ3v) is 2.71. The fourth-order valence-electron chi connectivity index (χ4n) is 1.91. The quantitative estimate of drug-likeness (QED) is 0.627. The van der Waals surface area contributed by atoms with Gasteiger partial charge in [0.15, 0.2) is 0 Å². The number of esters is 1. The van der Waals surface area contributed by atoms with Gasteiger partial charge in [0.1, 0.15) is 11.5 Å². The minimum absolute atomic E-state index is 0.299. The molecule has 1 aromatic carbocycles. The zero-order valence-corrected chi connectivity index (χ0v) is 9.90.